The van der Waals surface area contributed by atoms with E-state index in [1.807, 2.05) is 24.4 Å². The van der Waals surface area contributed by atoms with Gasteiger partial charge in [-0.3, -0.25) is 14.7 Å². The minimum absolute atomic E-state index is 0.112. The second-order valence-corrected chi connectivity index (χ2v) is 6.41. The van der Waals surface area contributed by atoms with Crippen molar-refractivity contribution in [3.8, 4) is 0 Å². The van der Waals surface area contributed by atoms with E-state index in [2.05, 4.69) is 22.1 Å². The predicted molar refractivity (Wildman–Crippen MR) is 90.9 cm³/mol. The Hall–Kier alpha value is -2.27. The third-order valence-electron chi connectivity index (χ3n) is 4.50. The molecule has 1 aromatic carbocycles. The van der Waals surface area contributed by atoms with Gasteiger partial charge in [0.1, 0.15) is 5.82 Å². The summed E-state index contributed by atoms with van der Waals surface area (Å²) in [5, 5.41) is 3.05. The van der Waals surface area contributed by atoms with E-state index >= 15 is 0 Å². The van der Waals surface area contributed by atoms with E-state index in [1.165, 1.54) is 12.1 Å². The molecule has 0 bridgehead atoms. The third-order valence-corrected chi connectivity index (χ3v) is 4.50. The molecule has 2 aromatic rings. The fourth-order valence-corrected chi connectivity index (χ4v) is 3.19. The van der Waals surface area contributed by atoms with Gasteiger partial charge in [-0.25, -0.2) is 4.39 Å². The summed E-state index contributed by atoms with van der Waals surface area (Å²) in [6.07, 6.45) is 2.69. The van der Waals surface area contributed by atoms with Crippen LogP contribution in [0.15, 0.2) is 48.7 Å². The van der Waals surface area contributed by atoms with E-state index in [0.717, 1.165) is 31.7 Å². The normalized spacial score (nSPS) is 21.4. The van der Waals surface area contributed by atoms with Crippen LogP contribution in [0.25, 0.3) is 0 Å². The Balaban J connectivity index is 1.55. The van der Waals surface area contributed by atoms with E-state index in [4.69, 9.17) is 0 Å². The van der Waals surface area contributed by atoms with Gasteiger partial charge in [0.2, 0.25) is 0 Å². The lowest BCUT2D eigenvalue weighted by atomic mass is 9.93. The highest BCUT2D eigenvalue weighted by Gasteiger charge is 2.27. The molecule has 1 aliphatic rings. The zero-order valence-electron chi connectivity index (χ0n) is 13.8. The Labute approximate surface area is 141 Å². The highest BCUT2D eigenvalue weighted by atomic mass is 19.1. The first-order valence-corrected chi connectivity index (χ1v) is 8.30. The van der Waals surface area contributed by atoms with Crippen molar-refractivity contribution in [2.75, 3.05) is 13.1 Å². The molecule has 0 unspecified atom stereocenters. The van der Waals surface area contributed by atoms with Gasteiger partial charge in [-0.15, -0.1) is 0 Å². The fourth-order valence-electron chi connectivity index (χ4n) is 3.19. The molecular weight excluding hydrogens is 305 g/mol. The second-order valence-electron chi connectivity index (χ2n) is 6.41. The van der Waals surface area contributed by atoms with E-state index in [1.54, 1.807) is 12.1 Å². The summed E-state index contributed by atoms with van der Waals surface area (Å²) < 4.78 is 13.2. The van der Waals surface area contributed by atoms with Gasteiger partial charge in [0, 0.05) is 37.4 Å². The Kier molecular flexibility index (Phi) is 5.20. The van der Waals surface area contributed by atoms with E-state index < -0.39 is 0 Å². The first kappa shape index (κ1) is 16.6. The number of pyridine rings is 1. The van der Waals surface area contributed by atoms with Crippen LogP contribution >= 0.6 is 0 Å². The van der Waals surface area contributed by atoms with Gasteiger partial charge >= 0.3 is 0 Å². The molecule has 1 N–H and O–H groups in total. The predicted octanol–water partition coefficient (Wildman–Crippen LogP) is 2.86. The van der Waals surface area contributed by atoms with Crippen LogP contribution in [0.2, 0.25) is 0 Å². The molecule has 1 saturated heterocycles. The number of rotatable bonds is 4. The number of likely N-dealkylation sites (tertiary alicyclic amines) is 1. The molecular formula is C19H22FN3O. The van der Waals surface area contributed by atoms with Gasteiger partial charge in [0.25, 0.3) is 5.91 Å². The lowest BCUT2D eigenvalue weighted by Crippen LogP contribution is -2.49. The number of halogens is 1. The standard InChI is InChI=1S/C19H22FN3O/c1-14-12-23(13-17-7-2-3-9-21-17)10-8-18(14)22-19(24)15-5-4-6-16(20)11-15/h2-7,9,11,14,18H,8,10,12-13H2,1H3,(H,22,24)/t14-,18-/m0/s1. The van der Waals surface area contributed by atoms with Crippen molar-refractivity contribution in [3.05, 3.63) is 65.7 Å². The minimum Gasteiger partial charge on any atom is -0.349 e. The summed E-state index contributed by atoms with van der Waals surface area (Å²) in [5.41, 5.74) is 1.44. The number of hydrogen-bond donors (Lipinski definition) is 1. The molecule has 0 radical (unpaired) electrons. The van der Waals surface area contributed by atoms with Crippen LogP contribution in [0, 0.1) is 11.7 Å². The molecule has 2 heterocycles. The zero-order valence-corrected chi connectivity index (χ0v) is 13.8. The first-order valence-electron chi connectivity index (χ1n) is 8.30. The van der Waals surface area contributed by atoms with Gasteiger partial charge < -0.3 is 5.32 Å². The Bertz CT molecular complexity index is 692. The van der Waals surface area contributed by atoms with Crippen molar-refractivity contribution < 1.29 is 9.18 Å². The molecule has 2 atom stereocenters. The maximum atomic E-state index is 13.2. The molecule has 0 spiro atoms. The van der Waals surface area contributed by atoms with Crippen molar-refractivity contribution in [3.63, 3.8) is 0 Å². The number of nitrogens with zero attached hydrogens (tertiary/aromatic N) is 2. The number of nitrogens with one attached hydrogen (secondary N) is 1. The number of hydrogen-bond acceptors (Lipinski definition) is 3. The van der Waals surface area contributed by atoms with Gasteiger partial charge in [0.05, 0.1) is 5.69 Å². The number of piperidine rings is 1. The topological polar surface area (TPSA) is 45.2 Å². The number of benzene rings is 1. The average Bonchev–Trinajstić information content (AvgIpc) is 2.58. The van der Waals surface area contributed by atoms with Crippen molar-refractivity contribution in [1.29, 1.82) is 0 Å². The maximum absolute atomic E-state index is 13.2. The SMILES string of the molecule is C[C@H]1CN(Cc2ccccn2)CC[C@@H]1NC(=O)c1cccc(F)c1. The molecule has 1 aliphatic heterocycles. The third kappa shape index (κ3) is 4.17. The van der Waals surface area contributed by atoms with Crippen LogP contribution in [0.1, 0.15) is 29.4 Å². The Morgan fingerprint density at radius 1 is 1.33 bits per heavy atom. The quantitative estimate of drug-likeness (QED) is 0.939. The van der Waals surface area contributed by atoms with Crippen molar-refractivity contribution in [2.24, 2.45) is 5.92 Å². The van der Waals surface area contributed by atoms with Crippen molar-refractivity contribution >= 4 is 5.91 Å². The summed E-state index contributed by atoms with van der Waals surface area (Å²) in [5.74, 6) is -0.259. The monoisotopic (exact) mass is 327 g/mol. The summed E-state index contributed by atoms with van der Waals surface area (Å²) in [7, 11) is 0. The maximum Gasteiger partial charge on any atom is 0.251 e. The zero-order chi connectivity index (χ0) is 16.9. The Morgan fingerprint density at radius 3 is 2.92 bits per heavy atom. The fraction of sp³-hybridized carbons (Fsp3) is 0.368. The summed E-state index contributed by atoms with van der Waals surface area (Å²) in [6.45, 7) is 4.79. The number of amides is 1. The van der Waals surface area contributed by atoms with Crippen LogP contribution in [0.3, 0.4) is 0 Å². The molecule has 24 heavy (non-hydrogen) atoms. The Morgan fingerprint density at radius 2 is 2.21 bits per heavy atom. The van der Waals surface area contributed by atoms with Crippen LogP contribution < -0.4 is 5.32 Å². The lowest BCUT2D eigenvalue weighted by Gasteiger charge is -2.37. The van der Waals surface area contributed by atoms with Gasteiger partial charge in [-0.2, -0.15) is 0 Å². The summed E-state index contributed by atoms with van der Waals surface area (Å²) in [6, 6.07) is 11.9. The van der Waals surface area contributed by atoms with Crippen molar-refractivity contribution in [2.45, 2.75) is 25.9 Å². The van der Waals surface area contributed by atoms with Gasteiger partial charge in [-0.1, -0.05) is 19.1 Å². The number of carbonyl (C=O) groups excluding carboxylic acids is 1. The highest BCUT2D eigenvalue weighted by molar-refractivity contribution is 5.94. The highest BCUT2D eigenvalue weighted by Crippen LogP contribution is 2.19. The second kappa shape index (κ2) is 7.53. The van der Waals surface area contributed by atoms with E-state index in [9.17, 15) is 9.18 Å². The van der Waals surface area contributed by atoms with Crippen LogP contribution in [0.5, 0.6) is 0 Å². The van der Waals surface area contributed by atoms with Crippen LogP contribution in [-0.2, 0) is 6.54 Å². The summed E-state index contributed by atoms with van der Waals surface area (Å²) >= 11 is 0. The lowest BCUT2D eigenvalue weighted by molar-refractivity contribution is 0.0859. The molecule has 1 amide bonds. The molecule has 126 valence electrons. The summed E-state index contributed by atoms with van der Waals surface area (Å²) in [4.78, 5) is 19.0. The molecule has 1 fully saturated rings. The van der Waals surface area contributed by atoms with Crippen LogP contribution in [0.4, 0.5) is 4.39 Å². The number of aromatic nitrogens is 1. The molecule has 0 saturated carbocycles. The number of carbonyl (C=O) groups is 1. The van der Waals surface area contributed by atoms with Crippen molar-refractivity contribution in [1.82, 2.24) is 15.2 Å². The largest absolute Gasteiger partial charge is 0.349 e. The molecule has 4 nitrogen and oxygen atoms in total. The molecule has 3 rings (SSSR count). The minimum atomic E-state index is -0.388. The average molecular weight is 327 g/mol. The molecule has 0 aliphatic carbocycles. The molecule has 1 aromatic heterocycles. The van der Waals surface area contributed by atoms with E-state index in [0.29, 0.717) is 11.5 Å². The smallest absolute Gasteiger partial charge is 0.251 e. The van der Waals surface area contributed by atoms with Gasteiger partial charge in [0.15, 0.2) is 0 Å². The molecule has 5 heteroatoms. The van der Waals surface area contributed by atoms with E-state index in [-0.39, 0.29) is 17.8 Å². The van der Waals surface area contributed by atoms with Crippen LogP contribution in [-0.4, -0.2) is 34.9 Å². The van der Waals surface area contributed by atoms with Gasteiger partial charge in [-0.05, 0) is 42.7 Å². The first-order chi connectivity index (χ1) is 11.6.